The van der Waals surface area contributed by atoms with Crippen LogP contribution in [0.1, 0.15) is 54.6 Å². The van der Waals surface area contributed by atoms with Gasteiger partial charge in [0.2, 0.25) is 0 Å². The van der Waals surface area contributed by atoms with Gasteiger partial charge in [-0.25, -0.2) is 4.79 Å². The SMILES string of the molecule is CCCCC[C@H](O)c1ccc2c(C(=O)O)cccc2c1. The third-order valence-corrected chi connectivity index (χ3v) is 3.60. The van der Waals surface area contributed by atoms with E-state index in [1.165, 1.54) is 0 Å². The minimum absolute atomic E-state index is 0.300. The number of rotatable bonds is 6. The second-order valence-corrected chi connectivity index (χ2v) is 5.10. The van der Waals surface area contributed by atoms with Crippen LogP contribution in [0.25, 0.3) is 10.8 Å². The van der Waals surface area contributed by atoms with Gasteiger partial charge in [-0.1, -0.05) is 50.5 Å². The van der Waals surface area contributed by atoms with E-state index in [4.69, 9.17) is 5.11 Å². The van der Waals surface area contributed by atoms with Crippen LogP contribution in [0.4, 0.5) is 0 Å². The Kier molecular flexibility index (Phi) is 4.74. The molecule has 2 N–H and O–H groups in total. The molecule has 2 rings (SSSR count). The molecule has 0 aliphatic carbocycles. The molecule has 106 valence electrons. The van der Waals surface area contributed by atoms with Gasteiger partial charge < -0.3 is 10.2 Å². The van der Waals surface area contributed by atoms with E-state index >= 15 is 0 Å². The van der Waals surface area contributed by atoms with E-state index in [1.54, 1.807) is 18.2 Å². The van der Waals surface area contributed by atoms with Crippen molar-refractivity contribution in [1.82, 2.24) is 0 Å². The summed E-state index contributed by atoms with van der Waals surface area (Å²) in [5.74, 6) is -0.924. The highest BCUT2D eigenvalue weighted by Crippen LogP contribution is 2.26. The Morgan fingerprint density at radius 2 is 2.00 bits per heavy atom. The lowest BCUT2D eigenvalue weighted by atomic mass is 9.97. The van der Waals surface area contributed by atoms with Crippen molar-refractivity contribution in [3.8, 4) is 0 Å². The molecule has 0 aliphatic heterocycles. The van der Waals surface area contributed by atoms with Crippen molar-refractivity contribution < 1.29 is 15.0 Å². The van der Waals surface area contributed by atoms with Crippen molar-refractivity contribution in [1.29, 1.82) is 0 Å². The van der Waals surface area contributed by atoms with Crippen molar-refractivity contribution in [3.05, 3.63) is 47.5 Å². The monoisotopic (exact) mass is 272 g/mol. The molecule has 0 bridgehead atoms. The van der Waals surface area contributed by atoms with Gasteiger partial charge in [0.05, 0.1) is 11.7 Å². The van der Waals surface area contributed by atoms with Crippen LogP contribution in [0.3, 0.4) is 0 Å². The second-order valence-electron chi connectivity index (χ2n) is 5.10. The summed E-state index contributed by atoms with van der Waals surface area (Å²) < 4.78 is 0. The summed E-state index contributed by atoms with van der Waals surface area (Å²) in [6.45, 7) is 2.13. The maximum atomic E-state index is 11.2. The molecule has 0 fully saturated rings. The fourth-order valence-electron chi connectivity index (χ4n) is 2.45. The van der Waals surface area contributed by atoms with Gasteiger partial charge in [0.15, 0.2) is 0 Å². The lowest BCUT2D eigenvalue weighted by Crippen LogP contribution is -2.00. The highest BCUT2D eigenvalue weighted by molar-refractivity contribution is 6.03. The van der Waals surface area contributed by atoms with E-state index in [9.17, 15) is 9.90 Å². The zero-order valence-corrected chi connectivity index (χ0v) is 11.7. The number of carboxylic acid groups (broad SMARTS) is 1. The number of aliphatic hydroxyl groups excluding tert-OH is 1. The van der Waals surface area contributed by atoms with Gasteiger partial charge in [0.1, 0.15) is 0 Å². The van der Waals surface area contributed by atoms with Crippen LogP contribution < -0.4 is 0 Å². The standard InChI is InChI=1S/C17H20O3/c1-2-3-4-8-16(18)13-9-10-14-12(11-13)6-5-7-15(14)17(19)20/h5-7,9-11,16,18H,2-4,8H2,1H3,(H,19,20)/t16-/m0/s1. The van der Waals surface area contributed by atoms with E-state index in [2.05, 4.69) is 6.92 Å². The molecule has 0 amide bonds. The molecule has 2 aromatic rings. The number of fused-ring (bicyclic) bond motifs is 1. The molecule has 0 aliphatic rings. The lowest BCUT2D eigenvalue weighted by molar-refractivity contribution is 0.0699. The fourth-order valence-corrected chi connectivity index (χ4v) is 2.45. The van der Waals surface area contributed by atoms with Crippen LogP contribution in [0.15, 0.2) is 36.4 Å². The zero-order valence-electron chi connectivity index (χ0n) is 11.7. The van der Waals surface area contributed by atoms with Gasteiger partial charge in [0, 0.05) is 0 Å². The first-order valence-electron chi connectivity index (χ1n) is 7.07. The third-order valence-electron chi connectivity index (χ3n) is 3.60. The van der Waals surface area contributed by atoms with Crippen molar-refractivity contribution in [2.45, 2.75) is 38.7 Å². The maximum absolute atomic E-state index is 11.2. The van der Waals surface area contributed by atoms with Gasteiger partial charge in [0.25, 0.3) is 0 Å². The number of benzene rings is 2. The van der Waals surface area contributed by atoms with E-state index in [-0.39, 0.29) is 0 Å². The molecule has 1 atom stereocenters. The molecule has 20 heavy (non-hydrogen) atoms. The predicted octanol–water partition coefficient (Wildman–Crippen LogP) is 4.15. The predicted molar refractivity (Wildman–Crippen MR) is 80.0 cm³/mol. The van der Waals surface area contributed by atoms with Crippen LogP contribution in [-0.4, -0.2) is 16.2 Å². The molecular formula is C17H20O3. The summed E-state index contributed by atoms with van der Waals surface area (Å²) in [4.78, 5) is 11.2. The molecule has 0 heterocycles. The summed E-state index contributed by atoms with van der Waals surface area (Å²) in [6.07, 6.45) is 3.53. The minimum Gasteiger partial charge on any atom is -0.478 e. The van der Waals surface area contributed by atoms with Gasteiger partial charge >= 0.3 is 5.97 Å². The summed E-state index contributed by atoms with van der Waals surface area (Å²) >= 11 is 0. The average Bonchev–Trinajstić information content (AvgIpc) is 2.46. The molecule has 0 saturated carbocycles. The van der Waals surface area contributed by atoms with Crippen LogP contribution >= 0.6 is 0 Å². The summed E-state index contributed by atoms with van der Waals surface area (Å²) in [5, 5.41) is 20.9. The first-order chi connectivity index (χ1) is 9.63. The lowest BCUT2D eigenvalue weighted by Gasteiger charge is -2.12. The molecule has 0 spiro atoms. The number of hydrogen-bond acceptors (Lipinski definition) is 2. The molecule has 0 unspecified atom stereocenters. The average molecular weight is 272 g/mol. The van der Waals surface area contributed by atoms with Crippen molar-refractivity contribution in [2.75, 3.05) is 0 Å². The van der Waals surface area contributed by atoms with E-state index < -0.39 is 12.1 Å². The molecule has 0 aromatic heterocycles. The third kappa shape index (κ3) is 3.17. The smallest absolute Gasteiger partial charge is 0.336 e. The quantitative estimate of drug-likeness (QED) is 0.776. The van der Waals surface area contributed by atoms with Crippen LogP contribution in [0.5, 0.6) is 0 Å². The fraction of sp³-hybridized carbons (Fsp3) is 0.353. The van der Waals surface area contributed by atoms with Gasteiger partial charge in [-0.05, 0) is 34.9 Å². The molecule has 0 saturated heterocycles. The number of carbonyl (C=O) groups is 1. The van der Waals surface area contributed by atoms with Gasteiger partial charge in [-0.3, -0.25) is 0 Å². The van der Waals surface area contributed by atoms with Gasteiger partial charge in [-0.15, -0.1) is 0 Å². The minimum atomic E-state index is -0.924. The maximum Gasteiger partial charge on any atom is 0.336 e. The Bertz CT molecular complexity index is 604. The number of carboxylic acids is 1. The Morgan fingerprint density at radius 3 is 2.70 bits per heavy atom. The van der Waals surface area contributed by atoms with Gasteiger partial charge in [-0.2, -0.15) is 0 Å². The normalized spacial score (nSPS) is 12.5. The van der Waals surface area contributed by atoms with Crippen molar-refractivity contribution in [2.24, 2.45) is 0 Å². The Hall–Kier alpha value is -1.87. The Balaban J connectivity index is 2.28. The van der Waals surface area contributed by atoms with Crippen molar-refractivity contribution in [3.63, 3.8) is 0 Å². The van der Waals surface area contributed by atoms with E-state index in [0.29, 0.717) is 10.9 Å². The highest BCUT2D eigenvalue weighted by Gasteiger charge is 2.11. The largest absolute Gasteiger partial charge is 0.478 e. The summed E-state index contributed by atoms with van der Waals surface area (Å²) in [5.41, 5.74) is 1.16. The molecule has 3 heteroatoms. The molecule has 3 nitrogen and oxygen atoms in total. The topological polar surface area (TPSA) is 57.5 Å². The number of hydrogen-bond donors (Lipinski definition) is 2. The Labute approximate surface area is 118 Å². The molecule has 0 radical (unpaired) electrons. The molecular weight excluding hydrogens is 252 g/mol. The summed E-state index contributed by atoms with van der Waals surface area (Å²) in [6, 6.07) is 10.7. The summed E-state index contributed by atoms with van der Waals surface area (Å²) in [7, 11) is 0. The van der Waals surface area contributed by atoms with Crippen molar-refractivity contribution >= 4 is 16.7 Å². The zero-order chi connectivity index (χ0) is 14.5. The first kappa shape index (κ1) is 14.5. The van der Waals surface area contributed by atoms with E-state index in [0.717, 1.165) is 36.6 Å². The Morgan fingerprint density at radius 1 is 1.20 bits per heavy atom. The van der Waals surface area contributed by atoms with Crippen LogP contribution in [0, 0.1) is 0 Å². The number of unbranched alkanes of at least 4 members (excludes halogenated alkanes) is 2. The van der Waals surface area contributed by atoms with Crippen LogP contribution in [-0.2, 0) is 0 Å². The molecule has 2 aromatic carbocycles. The number of aromatic carboxylic acids is 1. The van der Waals surface area contributed by atoms with Crippen LogP contribution in [0.2, 0.25) is 0 Å². The number of aliphatic hydroxyl groups is 1. The first-order valence-corrected chi connectivity index (χ1v) is 7.07. The van der Waals surface area contributed by atoms with E-state index in [1.807, 2.05) is 18.2 Å². The highest BCUT2D eigenvalue weighted by atomic mass is 16.4. The second kappa shape index (κ2) is 6.53.